The third kappa shape index (κ3) is 2.80. The zero-order valence-corrected chi connectivity index (χ0v) is 12.4. The first-order valence-corrected chi connectivity index (χ1v) is 7.77. The van der Waals surface area contributed by atoms with Crippen molar-refractivity contribution in [1.29, 1.82) is 0 Å². The SMILES string of the molecule is C[C@]1(C(N)=O)CN(S(=O)(=O)c2ccc(Cl)cc2)CCO1. The lowest BCUT2D eigenvalue weighted by Crippen LogP contribution is -2.58. The van der Waals surface area contributed by atoms with Gasteiger partial charge in [0, 0.05) is 11.6 Å². The van der Waals surface area contributed by atoms with Gasteiger partial charge in [-0.05, 0) is 31.2 Å². The Morgan fingerprint density at radius 2 is 2.00 bits per heavy atom. The van der Waals surface area contributed by atoms with Crippen LogP contribution in [0.3, 0.4) is 0 Å². The van der Waals surface area contributed by atoms with Crippen molar-refractivity contribution in [2.45, 2.75) is 17.4 Å². The quantitative estimate of drug-likeness (QED) is 0.884. The fourth-order valence-electron chi connectivity index (χ4n) is 1.94. The molecule has 1 amide bonds. The summed E-state index contributed by atoms with van der Waals surface area (Å²) >= 11 is 5.74. The Hall–Kier alpha value is -1.15. The van der Waals surface area contributed by atoms with Crippen molar-refractivity contribution in [3.63, 3.8) is 0 Å². The van der Waals surface area contributed by atoms with Crippen LogP contribution in [-0.2, 0) is 19.6 Å². The molecule has 1 aliphatic rings. The molecule has 20 heavy (non-hydrogen) atoms. The van der Waals surface area contributed by atoms with Crippen LogP contribution in [0.25, 0.3) is 0 Å². The molecule has 2 N–H and O–H groups in total. The molecule has 1 aromatic rings. The molecular formula is C12H15ClN2O4S. The van der Waals surface area contributed by atoms with Crippen molar-refractivity contribution in [3.05, 3.63) is 29.3 Å². The van der Waals surface area contributed by atoms with Gasteiger partial charge in [0.1, 0.15) is 0 Å². The maximum atomic E-state index is 12.5. The van der Waals surface area contributed by atoms with Crippen LogP contribution in [0.1, 0.15) is 6.92 Å². The summed E-state index contributed by atoms with van der Waals surface area (Å²) < 4.78 is 31.5. The van der Waals surface area contributed by atoms with E-state index in [2.05, 4.69) is 0 Å². The molecule has 1 aromatic carbocycles. The second-order valence-corrected chi connectivity index (χ2v) is 7.11. The van der Waals surface area contributed by atoms with E-state index in [0.717, 1.165) is 0 Å². The normalized spacial score (nSPS) is 24.5. The number of nitrogens with two attached hydrogens (primary N) is 1. The number of rotatable bonds is 3. The van der Waals surface area contributed by atoms with Crippen LogP contribution in [0.15, 0.2) is 29.2 Å². The highest BCUT2D eigenvalue weighted by Gasteiger charge is 2.41. The number of amides is 1. The zero-order chi connectivity index (χ0) is 15.0. The van der Waals surface area contributed by atoms with E-state index in [4.69, 9.17) is 22.1 Å². The average Bonchev–Trinajstić information content (AvgIpc) is 2.39. The topological polar surface area (TPSA) is 89.7 Å². The molecule has 1 aliphatic heterocycles. The van der Waals surface area contributed by atoms with E-state index in [1.807, 2.05) is 0 Å². The van der Waals surface area contributed by atoms with Crippen LogP contribution in [-0.4, -0.2) is 43.9 Å². The lowest BCUT2D eigenvalue weighted by atomic mass is 10.1. The number of carbonyl (C=O) groups is 1. The highest BCUT2D eigenvalue weighted by molar-refractivity contribution is 7.89. The predicted molar refractivity (Wildman–Crippen MR) is 73.8 cm³/mol. The number of sulfonamides is 1. The maximum absolute atomic E-state index is 12.5. The van der Waals surface area contributed by atoms with Gasteiger partial charge in [0.25, 0.3) is 5.91 Å². The summed E-state index contributed by atoms with van der Waals surface area (Å²) in [6.07, 6.45) is 0. The fourth-order valence-corrected chi connectivity index (χ4v) is 3.58. The summed E-state index contributed by atoms with van der Waals surface area (Å²) in [5.41, 5.74) is 3.95. The summed E-state index contributed by atoms with van der Waals surface area (Å²) in [5, 5.41) is 0.452. The third-order valence-corrected chi connectivity index (χ3v) is 5.32. The Morgan fingerprint density at radius 1 is 1.40 bits per heavy atom. The second-order valence-electron chi connectivity index (χ2n) is 4.74. The number of benzene rings is 1. The molecule has 2 rings (SSSR count). The number of primary amides is 1. The minimum Gasteiger partial charge on any atom is -0.367 e. The van der Waals surface area contributed by atoms with Crippen LogP contribution >= 0.6 is 11.6 Å². The summed E-state index contributed by atoms with van der Waals surface area (Å²) in [6.45, 7) is 1.67. The van der Waals surface area contributed by atoms with Gasteiger partial charge in [-0.3, -0.25) is 4.79 Å². The number of ether oxygens (including phenoxy) is 1. The molecule has 1 heterocycles. The lowest BCUT2D eigenvalue weighted by molar-refractivity contribution is -0.148. The predicted octanol–water partition coefficient (Wildman–Crippen LogP) is 0.605. The van der Waals surface area contributed by atoms with Crippen LogP contribution < -0.4 is 5.73 Å². The Bertz CT molecular complexity index is 617. The van der Waals surface area contributed by atoms with Crippen molar-refractivity contribution in [2.75, 3.05) is 19.7 Å². The van der Waals surface area contributed by atoms with E-state index in [1.54, 1.807) is 0 Å². The molecule has 1 fully saturated rings. The molecule has 0 unspecified atom stereocenters. The van der Waals surface area contributed by atoms with Gasteiger partial charge in [-0.15, -0.1) is 0 Å². The molecule has 0 spiro atoms. The smallest absolute Gasteiger partial charge is 0.250 e. The molecule has 110 valence electrons. The molecule has 0 aromatic heterocycles. The van der Waals surface area contributed by atoms with Gasteiger partial charge in [0.05, 0.1) is 18.0 Å². The Balaban J connectivity index is 2.30. The second kappa shape index (κ2) is 5.33. The number of hydrogen-bond acceptors (Lipinski definition) is 4. The molecule has 6 nitrogen and oxygen atoms in total. The lowest BCUT2D eigenvalue weighted by Gasteiger charge is -2.37. The maximum Gasteiger partial charge on any atom is 0.250 e. The highest BCUT2D eigenvalue weighted by atomic mass is 35.5. The third-order valence-electron chi connectivity index (χ3n) is 3.21. The molecule has 0 saturated carbocycles. The monoisotopic (exact) mass is 318 g/mol. The average molecular weight is 319 g/mol. The highest BCUT2D eigenvalue weighted by Crippen LogP contribution is 2.24. The first-order chi connectivity index (χ1) is 9.25. The number of halogens is 1. The van der Waals surface area contributed by atoms with Gasteiger partial charge in [0.2, 0.25) is 10.0 Å². The van der Waals surface area contributed by atoms with E-state index in [1.165, 1.54) is 35.5 Å². The summed E-state index contributed by atoms with van der Waals surface area (Å²) in [5.74, 6) is -0.687. The first-order valence-electron chi connectivity index (χ1n) is 5.95. The van der Waals surface area contributed by atoms with Crippen LogP contribution in [0.4, 0.5) is 0 Å². The van der Waals surface area contributed by atoms with Gasteiger partial charge < -0.3 is 10.5 Å². The van der Waals surface area contributed by atoms with Crippen molar-refractivity contribution >= 4 is 27.5 Å². The van der Waals surface area contributed by atoms with Crippen LogP contribution in [0, 0.1) is 0 Å². The number of hydrogen-bond donors (Lipinski definition) is 1. The van der Waals surface area contributed by atoms with Gasteiger partial charge in [-0.2, -0.15) is 4.31 Å². The number of morpholine rings is 1. The minimum atomic E-state index is -3.70. The van der Waals surface area contributed by atoms with Gasteiger partial charge in [0.15, 0.2) is 5.60 Å². The number of carbonyl (C=O) groups excluding carboxylic acids is 1. The zero-order valence-electron chi connectivity index (χ0n) is 10.9. The molecule has 1 saturated heterocycles. The van der Waals surface area contributed by atoms with E-state index in [-0.39, 0.29) is 24.6 Å². The summed E-state index contributed by atoms with van der Waals surface area (Å²) in [6, 6.07) is 5.85. The molecule has 8 heteroatoms. The van der Waals surface area contributed by atoms with Crippen molar-refractivity contribution in [2.24, 2.45) is 5.73 Å². The van der Waals surface area contributed by atoms with E-state index in [0.29, 0.717) is 5.02 Å². The van der Waals surface area contributed by atoms with E-state index >= 15 is 0 Å². The van der Waals surface area contributed by atoms with Crippen molar-refractivity contribution in [1.82, 2.24) is 4.31 Å². The van der Waals surface area contributed by atoms with Crippen LogP contribution in [0.5, 0.6) is 0 Å². The molecular weight excluding hydrogens is 304 g/mol. The largest absolute Gasteiger partial charge is 0.367 e. The standard InChI is InChI=1S/C12H15ClN2O4S/c1-12(11(14)16)8-15(6-7-19-12)20(17,18)10-4-2-9(13)3-5-10/h2-5H,6-8H2,1H3,(H2,14,16)/t12-/m1/s1. The van der Waals surface area contributed by atoms with Crippen LogP contribution in [0.2, 0.25) is 5.02 Å². The number of nitrogens with zero attached hydrogens (tertiary/aromatic N) is 1. The molecule has 0 radical (unpaired) electrons. The van der Waals surface area contributed by atoms with Gasteiger partial charge >= 0.3 is 0 Å². The van der Waals surface area contributed by atoms with Gasteiger partial charge in [-0.25, -0.2) is 8.42 Å². The minimum absolute atomic E-state index is 0.104. The Morgan fingerprint density at radius 3 is 2.55 bits per heavy atom. The van der Waals surface area contributed by atoms with Gasteiger partial charge in [-0.1, -0.05) is 11.6 Å². The molecule has 0 bridgehead atoms. The summed E-state index contributed by atoms with van der Waals surface area (Å²) in [7, 11) is -3.70. The Labute approximate surface area is 122 Å². The van der Waals surface area contributed by atoms with E-state index in [9.17, 15) is 13.2 Å². The molecule has 1 atom stereocenters. The molecule has 0 aliphatic carbocycles. The fraction of sp³-hybridized carbons (Fsp3) is 0.417. The summed E-state index contributed by atoms with van der Waals surface area (Å²) in [4.78, 5) is 11.5. The Kier molecular flexibility index (Phi) is 4.06. The van der Waals surface area contributed by atoms with E-state index < -0.39 is 21.5 Å². The van der Waals surface area contributed by atoms with Crippen molar-refractivity contribution < 1.29 is 17.9 Å². The first kappa shape index (κ1) is 15.2. The van der Waals surface area contributed by atoms with Crippen molar-refractivity contribution in [3.8, 4) is 0 Å².